The first kappa shape index (κ1) is 18.0. The molecule has 1 rings (SSSR count). The number of amides is 2. The average molecular weight is 306 g/mol. The van der Waals surface area contributed by atoms with Crippen LogP contribution in [0.1, 0.15) is 39.5 Å². The van der Waals surface area contributed by atoms with E-state index in [4.69, 9.17) is 4.74 Å². The molecule has 0 aromatic heterocycles. The number of nitrogens with one attached hydrogen (secondary N) is 2. The van der Waals surface area contributed by atoms with Gasteiger partial charge < -0.3 is 15.4 Å². The van der Waals surface area contributed by atoms with E-state index in [1.807, 2.05) is 0 Å². The molecule has 0 heterocycles. The Kier molecular flexibility index (Phi) is 8.04. The van der Waals surface area contributed by atoms with E-state index in [1.165, 1.54) is 0 Å². The Labute approximate surface area is 132 Å². The van der Waals surface area contributed by atoms with E-state index in [-0.39, 0.29) is 0 Å². The predicted octanol–water partition coefficient (Wildman–Crippen LogP) is 2.97. The minimum atomic E-state index is -0.643. The summed E-state index contributed by atoms with van der Waals surface area (Å²) in [5.41, 5.74) is 0.568. The third kappa shape index (κ3) is 6.16. The fourth-order valence-electron chi connectivity index (χ4n) is 2.12. The summed E-state index contributed by atoms with van der Waals surface area (Å²) in [6, 6.07) is 6.84. The zero-order chi connectivity index (χ0) is 16.4. The molecule has 0 aliphatic rings. The van der Waals surface area contributed by atoms with Crippen LogP contribution in [0, 0.1) is 5.92 Å². The van der Waals surface area contributed by atoms with Gasteiger partial charge in [0.05, 0.1) is 7.11 Å². The van der Waals surface area contributed by atoms with Crippen molar-refractivity contribution in [2.45, 2.75) is 39.5 Å². The van der Waals surface area contributed by atoms with E-state index in [1.54, 1.807) is 31.4 Å². The van der Waals surface area contributed by atoms with Gasteiger partial charge in [0.2, 0.25) is 0 Å². The van der Waals surface area contributed by atoms with Crippen molar-refractivity contribution < 1.29 is 14.3 Å². The first-order valence-corrected chi connectivity index (χ1v) is 7.83. The number of anilines is 1. The third-order valence-corrected chi connectivity index (χ3v) is 3.65. The summed E-state index contributed by atoms with van der Waals surface area (Å²) < 4.78 is 5.04. The summed E-state index contributed by atoms with van der Waals surface area (Å²) >= 11 is 0. The van der Waals surface area contributed by atoms with Crippen LogP contribution in [0.5, 0.6) is 5.75 Å². The SMILES string of the molecule is CCCC[C@@H](CC)CNC(=O)C(=O)Nc1ccc(OC)cc1. The summed E-state index contributed by atoms with van der Waals surface area (Å²) in [7, 11) is 1.57. The fraction of sp³-hybridized carbons (Fsp3) is 0.529. The number of unbranched alkanes of at least 4 members (excludes halogenated alkanes) is 1. The maximum atomic E-state index is 11.8. The van der Waals surface area contributed by atoms with Gasteiger partial charge in [0.15, 0.2) is 0 Å². The molecule has 122 valence electrons. The first-order chi connectivity index (χ1) is 10.6. The highest BCUT2D eigenvalue weighted by atomic mass is 16.5. The van der Waals surface area contributed by atoms with Gasteiger partial charge in [0, 0.05) is 12.2 Å². The van der Waals surface area contributed by atoms with Crippen molar-refractivity contribution in [2.24, 2.45) is 5.92 Å². The van der Waals surface area contributed by atoms with E-state index < -0.39 is 11.8 Å². The average Bonchev–Trinajstić information content (AvgIpc) is 2.55. The van der Waals surface area contributed by atoms with E-state index >= 15 is 0 Å². The van der Waals surface area contributed by atoms with Gasteiger partial charge in [-0.05, 0) is 36.6 Å². The largest absolute Gasteiger partial charge is 0.497 e. The highest BCUT2D eigenvalue weighted by Gasteiger charge is 2.15. The predicted molar refractivity (Wildman–Crippen MR) is 87.9 cm³/mol. The molecule has 1 aromatic carbocycles. The maximum Gasteiger partial charge on any atom is 0.313 e. The van der Waals surface area contributed by atoms with Crippen molar-refractivity contribution in [3.63, 3.8) is 0 Å². The van der Waals surface area contributed by atoms with Crippen LogP contribution in [-0.2, 0) is 9.59 Å². The number of hydrogen-bond acceptors (Lipinski definition) is 3. The molecule has 5 heteroatoms. The normalized spacial score (nSPS) is 11.6. The van der Waals surface area contributed by atoms with Gasteiger partial charge in [-0.1, -0.05) is 33.1 Å². The lowest BCUT2D eigenvalue weighted by Crippen LogP contribution is -2.38. The van der Waals surface area contributed by atoms with Gasteiger partial charge in [0.1, 0.15) is 5.75 Å². The minimum Gasteiger partial charge on any atom is -0.497 e. The van der Waals surface area contributed by atoms with Crippen molar-refractivity contribution in [3.8, 4) is 5.75 Å². The Morgan fingerprint density at radius 2 is 1.82 bits per heavy atom. The number of hydrogen-bond donors (Lipinski definition) is 2. The molecule has 5 nitrogen and oxygen atoms in total. The molecule has 0 aliphatic carbocycles. The fourth-order valence-corrected chi connectivity index (χ4v) is 2.12. The number of rotatable bonds is 8. The van der Waals surface area contributed by atoms with Crippen LogP contribution in [-0.4, -0.2) is 25.5 Å². The summed E-state index contributed by atoms with van der Waals surface area (Å²) in [5, 5.41) is 5.28. The lowest BCUT2D eigenvalue weighted by molar-refractivity contribution is -0.136. The molecule has 0 saturated carbocycles. The van der Waals surface area contributed by atoms with Crippen molar-refractivity contribution in [2.75, 3.05) is 19.0 Å². The van der Waals surface area contributed by atoms with Gasteiger partial charge in [-0.3, -0.25) is 9.59 Å². The Hall–Kier alpha value is -2.04. The van der Waals surface area contributed by atoms with Crippen molar-refractivity contribution in [3.05, 3.63) is 24.3 Å². The Morgan fingerprint density at radius 1 is 1.14 bits per heavy atom. The van der Waals surface area contributed by atoms with E-state index in [2.05, 4.69) is 24.5 Å². The number of carbonyl (C=O) groups is 2. The number of methoxy groups -OCH3 is 1. The number of ether oxygens (including phenoxy) is 1. The van der Waals surface area contributed by atoms with Crippen LogP contribution in [0.15, 0.2) is 24.3 Å². The lowest BCUT2D eigenvalue weighted by Gasteiger charge is -2.15. The van der Waals surface area contributed by atoms with Crippen LogP contribution in [0.4, 0.5) is 5.69 Å². The first-order valence-electron chi connectivity index (χ1n) is 7.83. The molecular formula is C17H26N2O3. The monoisotopic (exact) mass is 306 g/mol. The second-order valence-corrected chi connectivity index (χ2v) is 5.31. The lowest BCUT2D eigenvalue weighted by atomic mass is 9.99. The molecule has 0 saturated heterocycles. The van der Waals surface area contributed by atoms with Crippen molar-refractivity contribution >= 4 is 17.5 Å². The molecule has 0 aliphatic heterocycles. The highest BCUT2D eigenvalue weighted by Crippen LogP contribution is 2.15. The Morgan fingerprint density at radius 3 is 2.36 bits per heavy atom. The van der Waals surface area contributed by atoms with Gasteiger partial charge in [-0.15, -0.1) is 0 Å². The van der Waals surface area contributed by atoms with Crippen LogP contribution in [0.25, 0.3) is 0 Å². The molecule has 22 heavy (non-hydrogen) atoms. The standard InChI is InChI=1S/C17H26N2O3/c1-4-6-7-13(5-2)12-18-16(20)17(21)19-14-8-10-15(22-3)11-9-14/h8-11,13H,4-7,12H2,1-3H3,(H,18,20)(H,19,21)/t13-/m1/s1. The highest BCUT2D eigenvalue weighted by molar-refractivity contribution is 6.39. The van der Waals surface area contributed by atoms with E-state index in [0.29, 0.717) is 23.9 Å². The molecule has 0 unspecified atom stereocenters. The van der Waals surface area contributed by atoms with Crippen LogP contribution >= 0.6 is 0 Å². The molecule has 0 bridgehead atoms. The summed E-state index contributed by atoms with van der Waals surface area (Å²) in [4.78, 5) is 23.6. The summed E-state index contributed by atoms with van der Waals surface area (Å²) in [6.07, 6.45) is 4.36. The molecule has 2 amide bonds. The topological polar surface area (TPSA) is 67.4 Å². The summed E-state index contributed by atoms with van der Waals surface area (Å²) in [6.45, 7) is 4.79. The quantitative estimate of drug-likeness (QED) is 0.726. The Bertz CT molecular complexity index is 471. The Balaban J connectivity index is 2.42. The van der Waals surface area contributed by atoms with E-state index in [9.17, 15) is 9.59 Å². The second kappa shape index (κ2) is 9.82. The van der Waals surface area contributed by atoms with Crippen molar-refractivity contribution in [1.29, 1.82) is 0 Å². The minimum absolute atomic E-state index is 0.428. The summed E-state index contributed by atoms with van der Waals surface area (Å²) in [5.74, 6) is -0.108. The zero-order valence-corrected chi connectivity index (χ0v) is 13.6. The van der Waals surface area contributed by atoms with Gasteiger partial charge in [-0.2, -0.15) is 0 Å². The van der Waals surface area contributed by atoms with Crippen LogP contribution in [0.3, 0.4) is 0 Å². The molecule has 1 atom stereocenters. The van der Waals surface area contributed by atoms with Gasteiger partial charge in [0.25, 0.3) is 0 Å². The molecule has 0 fully saturated rings. The molecule has 0 spiro atoms. The molecule has 2 N–H and O–H groups in total. The van der Waals surface area contributed by atoms with E-state index in [0.717, 1.165) is 25.7 Å². The second-order valence-electron chi connectivity index (χ2n) is 5.31. The van der Waals surface area contributed by atoms with Gasteiger partial charge >= 0.3 is 11.8 Å². The molecule has 1 aromatic rings. The van der Waals surface area contributed by atoms with Crippen LogP contribution in [0.2, 0.25) is 0 Å². The number of carbonyl (C=O) groups excluding carboxylic acids is 2. The van der Waals surface area contributed by atoms with Crippen LogP contribution < -0.4 is 15.4 Å². The van der Waals surface area contributed by atoms with Crippen molar-refractivity contribution in [1.82, 2.24) is 5.32 Å². The smallest absolute Gasteiger partial charge is 0.313 e. The molecule has 0 radical (unpaired) electrons. The number of benzene rings is 1. The third-order valence-electron chi connectivity index (χ3n) is 3.65. The zero-order valence-electron chi connectivity index (χ0n) is 13.6. The maximum absolute atomic E-state index is 11.8. The molecular weight excluding hydrogens is 280 g/mol. The van der Waals surface area contributed by atoms with Gasteiger partial charge in [-0.25, -0.2) is 0 Å².